The number of rotatable bonds is 5. The Bertz CT molecular complexity index is 941. The number of hydrogen-bond donors (Lipinski definition) is 2. The standard InChI is InChI=1S/C18H22N4O3S/c1-13-10-16(14(2)20-13)12-19-21-18(23)15-6-5-7-17(11-15)26(24,25)22-8-3-4-9-22/h5-7,10-12,20H,3-4,8-9H2,1-2H3,(H,21,23)/b19-12+. The van der Waals surface area contributed by atoms with Gasteiger partial charge in [-0.2, -0.15) is 9.41 Å². The number of H-pyrrole nitrogens is 1. The smallest absolute Gasteiger partial charge is 0.271 e. The highest BCUT2D eigenvalue weighted by Crippen LogP contribution is 2.21. The molecule has 0 atom stereocenters. The molecule has 0 radical (unpaired) electrons. The molecular formula is C18H22N4O3S. The summed E-state index contributed by atoms with van der Waals surface area (Å²) in [7, 11) is -3.55. The summed E-state index contributed by atoms with van der Waals surface area (Å²) in [5, 5.41) is 3.96. The topological polar surface area (TPSA) is 94.6 Å². The summed E-state index contributed by atoms with van der Waals surface area (Å²) in [4.78, 5) is 15.6. The van der Waals surface area contributed by atoms with Crippen LogP contribution < -0.4 is 5.43 Å². The molecule has 2 N–H and O–H groups in total. The predicted molar refractivity (Wildman–Crippen MR) is 99.8 cm³/mol. The highest BCUT2D eigenvalue weighted by molar-refractivity contribution is 7.89. The molecular weight excluding hydrogens is 352 g/mol. The Morgan fingerprint density at radius 2 is 1.96 bits per heavy atom. The van der Waals surface area contributed by atoms with Crippen LogP contribution in [0.4, 0.5) is 0 Å². The van der Waals surface area contributed by atoms with Crippen LogP contribution in [0.15, 0.2) is 40.3 Å². The third kappa shape index (κ3) is 3.86. The van der Waals surface area contributed by atoms with E-state index in [0.717, 1.165) is 29.8 Å². The van der Waals surface area contributed by atoms with E-state index in [4.69, 9.17) is 0 Å². The van der Waals surface area contributed by atoms with Crippen molar-refractivity contribution in [2.24, 2.45) is 5.10 Å². The SMILES string of the molecule is Cc1cc(/C=N/NC(=O)c2cccc(S(=O)(=O)N3CCCC3)c2)c(C)[nH]1. The Morgan fingerprint density at radius 3 is 2.62 bits per heavy atom. The summed E-state index contributed by atoms with van der Waals surface area (Å²) in [6, 6.07) is 7.97. The van der Waals surface area contributed by atoms with E-state index >= 15 is 0 Å². The predicted octanol–water partition coefficient (Wildman–Crippen LogP) is 2.18. The number of sulfonamides is 1. The fourth-order valence-corrected chi connectivity index (χ4v) is 4.54. The van der Waals surface area contributed by atoms with Crippen molar-refractivity contribution in [1.82, 2.24) is 14.7 Å². The van der Waals surface area contributed by atoms with Crippen LogP contribution in [0, 0.1) is 13.8 Å². The number of hydrazone groups is 1. The van der Waals surface area contributed by atoms with Crippen molar-refractivity contribution in [2.45, 2.75) is 31.6 Å². The molecule has 26 heavy (non-hydrogen) atoms. The molecule has 0 saturated carbocycles. The number of benzene rings is 1. The van der Waals surface area contributed by atoms with E-state index < -0.39 is 15.9 Å². The lowest BCUT2D eigenvalue weighted by atomic mass is 10.2. The number of hydrogen-bond acceptors (Lipinski definition) is 4. The summed E-state index contributed by atoms with van der Waals surface area (Å²) in [5.74, 6) is -0.454. The van der Waals surface area contributed by atoms with Gasteiger partial charge >= 0.3 is 0 Å². The van der Waals surface area contributed by atoms with Crippen molar-refractivity contribution in [1.29, 1.82) is 0 Å². The largest absolute Gasteiger partial charge is 0.362 e. The van der Waals surface area contributed by atoms with E-state index in [-0.39, 0.29) is 10.5 Å². The quantitative estimate of drug-likeness (QED) is 0.620. The number of nitrogens with one attached hydrogen (secondary N) is 2. The normalized spacial score (nSPS) is 15.6. The molecule has 8 heteroatoms. The molecule has 7 nitrogen and oxygen atoms in total. The number of aromatic nitrogens is 1. The molecule has 0 bridgehead atoms. The first-order valence-electron chi connectivity index (χ1n) is 8.48. The fraction of sp³-hybridized carbons (Fsp3) is 0.333. The van der Waals surface area contributed by atoms with Gasteiger partial charge in [0.25, 0.3) is 5.91 Å². The third-order valence-electron chi connectivity index (χ3n) is 4.36. The zero-order valence-corrected chi connectivity index (χ0v) is 15.6. The van der Waals surface area contributed by atoms with Gasteiger partial charge in [-0.25, -0.2) is 13.8 Å². The minimum atomic E-state index is -3.55. The molecule has 2 heterocycles. The minimum Gasteiger partial charge on any atom is -0.362 e. The van der Waals surface area contributed by atoms with E-state index in [9.17, 15) is 13.2 Å². The van der Waals surface area contributed by atoms with Crippen LogP contribution >= 0.6 is 0 Å². The van der Waals surface area contributed by atoms with E-state index in [1.165, 1.54) is 16.4 Å². The summed E-state index contributed by atoms with van der Waals surface area (Å²) in [6.45, 7) is 4.91. The van der Waals surface area contributed by atoms with Crippen LogP contribution in [-0.2, 0) is 10.0 Å². The van der Waals surface area contributed by atoms with E-state index in [1.807, 2.05) is 19.9 Å². The molecule has 1 saturated heterocycles. The Hall–Kier alpha value is -2.45. The van der Waals surface area contributed by atoms with Gasteiger partial charge < -0.3 is 4.98 Å². The molecule has 2 aromatic rings. The number of carbonyl (C=O) groups excluding carboxylic acids is 1. The number of carbonyl (C=O) groups is 1. The van der Waals surface area contributed by atoms with Crippen molar-refractivity contribution in [2.75, 3.05) is 13.1 Å². The average Bonchev–Trinajstić information content (AvgIpc) is 3.25. The van der Waals surface area contributed by atoms with Crippen molar-refractivity contribution in [3.63, 3.8) is 0 Å². The Morgan fingerprint density at radius 1 is 1.23 bits per heavy atom. The highest BCUT2D eigenvalue weighted by atomic mass is 32.2. The van der Waals surface area contributed by atoms with Crippen molar-refractivity contribution < 1.29 is 13.2 Å². The second-order valence-corrected chi connectivity index (χ2v) is 8.31. The molecule has 1 aromatic carbocycles. The minimum absolute atomic E-state index is 0.133. The van der Waals surface area contributed by atoms with Gasteiger partial charge in [0.2, 0.25) is 10.0 Å². The van der Waals surface area contributed by atoms with E-state index in [1.54, 1.807) is 18.3 Å². The lowest BCUT2D eigenvalue weighted by molar-refractivity contribution is 0.0955. The van der Waals surface area contributed by atoms with Crippen LogP contribution in [0.2, 0.25) is 0 Å². The zero-order chi connectivity index (χ0) is 18.7. The van der Waals surface area contributed by atoms with Gasteiger partial charge in [-0.15, -0.1) is 0 Å². The van der Waals surface area contributed by atoms with Crippen LogP contribution in [0.5, 0.6) is 0 Å². The highest BCUT2D eigenvalue weighted by Gasteiger charge is 2.27. The molecule has 0 aliphatic carbocycles. The van der Waals surface area contributed by atoms with Gasteiger partial charge in [-0.3, -0.25) is 4.79 Å². The van der Waals surface area contributed by atoms with Gasteiger partial charge in [0.05, 0.1) is 11.1 Å². The molecule has 1 amide bonds. The van der Waals surface area contributed by atoms with Crippen molar-refractivity contribution >= 4 is 22.1 Å². The van der Waals surface area contributed by atoms with Crippen LogP contribution in [0.25, 0.3) is 0 Å². The lowest BCUT2D eigenvalue weighted by Gasteiger charge is -2.15. The molecule has 0 unspecified atom stereocenters. The van der Waals surface area contributed by atoms with Crippen LogP contribution in [0.1, 0.15) is 40.2 Å². The second kappa shape index (κ2) is 7.43. The average molecular weight is 374 g/mol. The third-order valence-corrected chi connectivity index (χ3v) is 6.25. The monoisotopic (exact) mass is 374 g/mol. The van der Waals surface area contributed by atoms with E-state index in [0.29, 0.717) is 13.1 Å². The first-order chi connectivity index (χ1) is 12.4. The Labute approximate surface area is 153 Å². The van der Waals surface area contributed by atoms with Crippen molar-refractivity contribution in [3.05, 3.63) is 52.8 Å². The first kappa shape index (κ1) is 18.3. The Kier molecular flexibility index (Phi) is 5.24. The van der Waals surface area contributed by atoms with Gasteiger partial charge in [0.15, 0.2) is 0 Å². The fourth-order valence-electron chi connectivity index (χ4n) is 2.98. The van der Waals surface area contributed by atoms with Gasteiger partial charge in [-0.1, -0.05) is 6.07 Å². The second-order valence-electron chi connectivity index (χ2n) is 6.37. The number of aromatic amines is 1. The number of aryl methyl sites for hydroxylation is 2. The molecule has 0 spiro atoms. The maximum absolute atomic E-state index is 12.6. The maximum atomic E-state index is 12.6. The first-order valence-corrected chi connectivity index (χ1v) is 9.92. The molecule has 1 aliphatic heterocycles. The molecule has 3 rings (SSSR count). The summed E-state index contributed by atoms with van der Waals surface area (Å²) in [5.41, 5.74) is 5.54. The van der Waals surface area contributed by atoms with Crippen LogP contribution in [0.3, 0.4) is 0 Å². The van der Waals surface area contributed by atoms with Crippen LogP contribution in [-0.4, -0.2) is 42.9 Å². The van der Waals surface area contributed by atoms with Gasteiger partial charge in [-0.05, 0) is 51.0 Å². The van der Waals surface area contributed by atoms with Gasteiger partial charge in [0, 0.05) is 35.6 Å². The molecule has 1 aliphatic rings. The molecule has 138 valence electrons. The molecule has 1 aromatic heterocycles. The van der Waals surface area contributed by atoms with Gasteiger partial charge in [0.1, 0.15) is 0 Å². The Balaban J connectivity index is 1.73. The summed E-state index contributed by atoms with van der Waals surface area (Å²) < 4.78 is 26.7. The summed E-state index contributed by atoms with van der Waals surface area (Å²) in [6.07, 6.45) is 3.29. The van der Waals surface area contributed by atoms with E-state index in [2.05, 4.69) is 15.5 Å². The maximum Gasteiger partial charge on any atom is 0.271 e. The number of amides is 1. The lowest BCUT2D eigenvalue weighted by Crippen LogP contribution is -2.28. The number of nitrogens with zero attached hydrogens (tertiary/aromatic N) is 2. The molecule has 1 fully saturated rings. The summed E-state index contributed by atoms with van der Waals surface area (Å²) >= 11 is 0. The van der Waals surface area contributed by atoms with Crippen molar-refractivity contribution in [3.8, 4) is 0 Å². The zero-order valence-electron chi connectivity index (χ0n) is 14.8.